The first-order chi connectivity index (χ1) is 18.1. The van der Waals surface area contributed by atoms with E-state index >= 15 is 0 Å². The largest absolute Gasteiger partial charge is 0.497 e. The summed E-state index contributed by atoms with van der Waals surface area (Å²) < 4.78 is 34.3. The van der Waals surface area contributed by atoms with Crippen LogP contribution in [0.1, 0.15) is 21.7 Å². The molecule has 4 N–H and O–H groups in total. The lowest BCUT2D eigenvalue weighted by molar-refractivity contribution is -0.131. The van der Waals surface area contributed by atoms with Crippen LogP contribution in [0.5, 0.6) is 5.75 Å². The molecule has 0 saturated carbocycles. The number of furan rings is 1. The van der Waals surface area contributed by atoms with Crippen LogP contribution in [0.3, 0.4) is 0 Å². The number of pyridine rings is 1. The van der Waals surface area contributed by atoms with Crippen LogP contribution in [0.15, 0.2) is 70.0 Å². The number of sulfonamides is 1. The van der Waals surface area contributed by atoms with E-state index in [1.807, 2.05) is 0 Å². The summed E-state index contributed by atoms with van der Waals surface area (Å²) in [4.78, 5) is 44.8. The number of ether oxygens (including phenoxy) is 1. The number of primary sulfonamides is 1. The van der Waals surface area contributed by atoms with Crippen molar-refractivity contribution in [3.05, 3.63) is 77.6 Å². The Hall–Kier alpha value is -4.75. The number of carbonyl (C=O) groups is 3. The minimum absolute atomic E-state index is 0.00167. The number of nitrogens with one attached hydrogen (secondary N) is 2. The summed E-state index contributed by atoms with van der Waals surface area (Å²) in [6, 6.07) is 14.9. The van der Waals surface area contributed by atoms with Crippen LogP contribution in [0.25, 0.3) is 22.4 Å². The number of nitrogens with zero attached hydrogens (tertiary/aromatic N) is 2. The SMILES string of the molecule is COc1ccc2c(c1)C(=O)N([C@@]1(c3cc4nc(-c5ccc(S(N)(=O)=O)cc5)ccc4o3)NC(=O)NC1=O)C2. The van der Waals surface area contributed by atoms with Crippen LogP contribution < -0.4 is 20.5 Å². The van der Waals surface area contributed by atoms with Gasteiger partial charge in [0.1, 0.15) is 11.3 Å². The van der Waals surface area contributed by atoms with Gasteiger partial charge in [0, 0.05) is 17.2 Å². The highest BCUT2D eigenvalue weighted by Gasteiger charge is 2.58. The molecule has 4 aromatic rings. The van der Waals surface area contributed by atoms with Gasteiger partial charge in [0.25, 0.3) is 17.5 Å². The first-order valence-corrected chi connectivity index (χ1v) is 12.8. The number of hydrogen-bond donors (Lipinski definition) is 3. The number of hydrogen-bond acceptors (Lipinski definition) is 8. The van der Waals surface area contributed by atoms with Crippen molar-refractivity contribution in [2.24, 2.45) is 5.14 Å². The van der Waals surface area contributed by atoms with Crippen molar-refractivity contribution >= 4 is 39.0 Å². The third-order valence-corrected chi connectivity index (χ3v) is 7.51. The van der Waals surface area contributed by atoms with Crippen molar-refractivity contribution in [1.29, 1.82) is 0 Å². The third-order valence-electron chi connectivity index (χ3n) is 6.58. The van der Waals surface area contributed by atoms with E-state index in [0.29, 0.717) is 39.2 Å². The van der Waals surface area contributed by atoms with E-state index in [9.17, 15) is 22.8 Å². The van der Waals surface area contributed by atoms with Gasteiger partial charge in [-0.2, -0.15) is 0 Å². The maximum absolute atomic E-state index is 13.5. The van der Waals surface area contributed by atoms with Crippen LogP contribution in [0.4, 0.5) is 4.79 Å². The second-order valence-electron chi connectivity index (χ2n) is 8.79. The van der Waals surface area contributed by atoms with E-state index in [1.165, 1.54) is 30.2 Å². The smallest absolute Gasteiger partial charge is 0.324 e. The molecule has 2 aliphatic rings. The maximum atomic E-state index is 13.5. The van der Waals surface area contributed by atoms with Crippen molar-refractivity contribution < 1.29 is 32.0 Å². The zero-order chi connectivity index (χ0) is 26.8. The van der Waals surface area contributed by atoms with E-state index in [2.05, 4.69) is 15.6 Å². The lowest BCUT2D eigenvalue weighted by Gasteiger charge is -2.33. The Morgan fingerprint density at radius 2 is 1.82 bits per heavy atom. The number of carbonyl (C=O) groups excluding carboxylic acids is 3. The topological polar surface area (TPSA) is 174 Å². The molecule has 0 radical (unpaired) electrons. The molecule has 192 valence electrons. The first kappa shape index (κ1) is 23.6. The van der Waals surface area contributed by atoms with Crippen molar-refractivity contribution in [3.8, 4) is 17.0 Å². The number of nitrogens with two attached hydrogens (primary N) is 1. The van der Waals surface area contributed by atoms with E-state index in [0.717, 1.165) is 0 Å². The van der Waals surface area contributed by atoms with Gasteiger partial charge in [0.15, 0.2) is 11.3 Å². The Bertz CT molecular complexity index is 1780. The number of rotatable bonds is 5. The zero-order valence-electron chi connectivity index (χ0n) is 19.7. The minimum atomic E-state index is -3.84. The fourth-order valence-electron chi connectivity index (χ4n) is 4.70. The Morgan fingerprint density at radius 3 is 2.47 bits per heavy atom. The highest BCUT2D eigenvalue weighted by atomic mass is 32.2. The molecule has 0 bridgehead atoms. The third kappa shape index (κ3) is 3.51. The van der Waals surface area contributed by atoms with Gasteiger partial charge >= 0.3 is 6.03 Å². The summed E-state index contributed by atoms with van der Waals surface area (Å²) in [5.41, 5.74) is 0.828. The monoisotopic (exact) mass is 533 g/mol. The summed E-state index contributed by atoms with van der Waals surface area (Å²) >= 11 is 0. The van der Waals surface area contributed by atoms with E-state index in [-0.39, 0.29) is 17.2 Å². The molecule has 4 amide bonds. The molecule has 38 heavy (non-hydrogen) atoms. The van der Waals surface area contributed by atoms with Gasteiger partial charge in [-0.15, -0.1) is 0 Å². The molecule has 2 aromatic heterocycles. The normalized spacial score (nSPS) is 19.0. The van der Waals surface area contributed by atoms with Crippen LogP contribution in [-0.4, -0.2) is 43.3 Å². The molecule has 1 atom stereocenters. The number of urea groups is 1. The predicted molar refractivity (Wildman–Crippen MR) is 132 cm³/mol. The van der Waals surface area contributed by atoms with Crippen molar-refractivity contribution in [1.82, 2.24) is 20.5 Å². The van der Waals surface area contributed by atoms with Gasteiger partial charge in [-0.3, -0.25) is 19.8 Å². The molecule has 12 nitrogen and oxygen atoms in total. The van der Waals surface area contributed by atoms with Gasteiger partial charge in [0.2, 0.25) is 10.0 Å². The molecule has 0 spiro atoms. The molecule has 4 heterocycles. The molecular weight excluding hydrogens is 514 g/mol. The fraction of sp³-hybridized carbons (Fsp3) is 0.120. The molecule has 0 unspecified atom stereocenters. The van der Waals surface area contributed by atoms with Gasteiger partial charge in [-0.25, -0.2) is 23.3 Å². The Labute approximate surface area is 215 Å². The Balaban J connectivity index is 1.43. The Kier molecular flexibility index (Phi) is 5.06. The summed E-state index contributed by atoms with van der Waals surface area (Å²) in [7, 11) is -2.36. The first-order valence-electron chi connectivity index (χ1n) is 11.3. The molecule has 13 heteroatoms. The lowest BCUT2D eigenvalue weighted by Crippen LogP contribution is -2.57. The fourth-order valence-corrected chi connectivity index (χ4v) is 5.21. The molecule has 6 rings (SSSR count). The maximum Gasteiger partial charge on any atom is 0.324 e. The van der Waals surface area contributed by atoms with Gasteiger partial charge in [-0.05, 0) is 42.0 Å². The number of imide groups is 1. The second-order valence-corrected chi connectivity index (χ2v) is 10.4. The summed E-state index contributed by atoms with van der Waals surface area (Å²) in [5, 5.41) is 9.95. The summed E-state index contributed by atoms with van der Waals surface area (Å²) in [6.45, 7) is 0.0397. The average molecular weight is 534 g/mol. The predicted octanol–water partition coefficient (Wildman–Crippen LogP) is 1.80. The highest BCUT2D eigenvalue weighted by Crippen LogP contribution is 2.39. The summed E-state index contributed by atoms with van der Waals surface area (Å²) in [6.07, 6.45) is 0. The van der Waals surface area contributed by atoms with E-state index in [4.69, 9.17) is 14.3 Å². The van der Waals surface area contributed by atoms with Crippen LogP contribution in [0, 0.1) is 0 Å². The average Bonchev–Trinajstić information content (AvgIpc) is 3.56. The number of aromatic nitrogens is 1. The quantitative estimate of drug-likeness (QED) is 0.326. The molecular formula is C25H19N5O7S. The molecule has 2 aromatic carbocycles. The molecule has 0 aliphatic carbocycles. The lowest BCUT2D eigenvalue weighted by atomic mass is 10.0. The van der Waals surface area contributed by atoms with Crippen LogP contribution in [-0.2, 0) is 27.0 Å². The van der Waals surface area contributed by atoms with Crippen molar-refractivity contribution in [3.63, 3.8) is 0 Å². The van der Waals surface area contributed by atoms with Crippen molar-refractivity contribution in [2.75, 3.05) is 7.11 Å². The second kappa shape index (κ2) is 8.13. The number of benzene rings is 2. The molecule has 2 aliphatic heterocycles. The zero-order valence-corrected chi connectivity index (χ0v) is 20.5. The number of amides is 4. The van der Waals surface area contributed by atoms with Gasteiger partial charge < -0.3 is 14.5 Å². The Morgan fingerprint density at radius 1 is 1.05 bits per heavy atom. The van der Waals surface area contributed by atoms with Crippen molar-refractivity contribution in [2.45, 2.75) is 17.1 Å². The standard InChI is InChI=1S/C25H19N5O7S/c1-36-15-5-2-14-12-30(22(31)17(14)10-15)25(23(32)28-24(33)29-25)21-11-19-20(37-21)9-8-18(27-19)13-3-6-16(7-4-13)38(26,34)35/h2-11H,12H2,1H3,(H2,26,34,35)(H2,28,29,32,33)/t25-/m1/s1. The van der Waals surface area contributed by atoms with Gasteiger partial charge in [0.05, 0.1) is 24.2 Å². The number of fused-ring (bicyclic) bond motifs is 2. The van der Waals surface area contributed by atoms with E-state index in [1.54, 1.807) is 42.5 Å². The summed E-state index contributed by atoms with van der Waals surface area (Å²) in [5.74, 6) is -0.780. The number of methoxy groups -OCH3 is 1. The minimum Gasteiger partial charge on any atom is -0.497 e. The van der Waals surface area contributed by atoms with Crippen LogP contribution >= 0.6 is 0 Å². The van der Waals surface area contributed by atoms with Crippen LogP contribution in [0.2, 0.25) is 0 Å². The molecule has 1 saturated heterocycles. The highest BCUT2D eigenvalue weighted by molar-refractivity contribution is 7.89. The van der Waals surface area contributed by atoms with E-state index < -0.39 is 33.5 Å². The molecule has 1 fully saturated rings. The van der Waals surface area contributed by atoms with Gasteiger partial charge in [-0.1, -0.05) is 18.2 Å².